The second-order valence-electron chi connectivity index (χ2n) is 8.37. The fourth-order valence-electron chi connectivity index (χ4n) is 4.36. The number of fused-ring (bicyclic) bond motifs is 1. The lowest BCUT2D eigenvalue weighted by Crippen LogP contribution is -2.36. The highest BCUT2D eigenvalue weighted by Crippen LogP contribution is 2.32. The Balaban J connectivity index is 1.47. The minimum Gasteiger partial charge on any atom is -0.445 e. The van der Waals surface area contributed by atoms with E-state index in [-0.39, 0.29) is 11.3 Å². The van der Waals surface area contributed by atoms with Crippen LogP contribution in [0.3, 0.4) is 0 Å². The van der Waals surface area contributed by atoms with Crippen LogP contribution in [0.5, 0.6) is 0 Å². The molecule has 9 heteroatoms. The average Bonchev–Trinajstić information content (AvgIpc) is 3.36. The molecule has 0 aliphatic carbocycles. The van der Waals surface area contributed by atoms with Crippen LogP contribution in [0.2, 0.25) is 0 Å². The zero-order valence-electron chi connectivity index (χ0n) is 19.3. The third-order valence-electron chi connectivity index (χ3n) is 6.18. The first-order valence-electron chi connectivity index (χ1n) is 11.5. The summed E-state index contributed by atoms with van der Waals surface area (Å²) in [5.41, 5.74) is 1.88. The molecule has 1 N–H and O–H groups in total. The summed E-state index contributed by atoms with van der Waals surface area (Å²) in [5, 5.41) is 12.5. The molecule has 36 heavy (non-hydrogen) atoms. The highest BCUT2D eigenvalue weighted by Gasteiger charge is 2.30. The van der Waals surface area contributed by atoms with Gasteiger partial charge >= 0.3 is 5.97 Å². The molecule has 0 radical (unpaired) electrons. The van der Waals surface area contributed by atoms with Crippen molar-refractivity contribution in [2.75, 3.05) is 31.2 Å². The second kappa shape index (κ2) is 10.0. The topological polar surface area (TPSA) is 115 Å². The van der Waals surface area contributed by atoms with E-state index in [2.05, 4.69) is 4.98 Å². The van der Waals surface area contributed by atoms with Crippen LogP contribution in [-0.4, -0.2) is 48.0 Å². The van der Waals surface area contributed by atoms with Crippen molar-refractivity contribution in [3.05, 3.63) is 106 Å². The molecule has 3 aromatic carbocycles. The van der Waals surface area contributed by atoms with E-state index < -0.39 is 22.8 Å². The van der Waals surface area contributed by atoms with Crippen LogP contribution in [0.25, 0.3) is 10.9 Å². The minimum absolute atomic E-state index is 0.00799. The Kier molecular flexibility index (Phi) is 6.46. The summed E-state index contributed by atoms with van der Waals surface area (Å²) < 4.78 is 11.0. The summed E-state index contributed by atoms with van der Waals surface area (Å²) in [4.78, 5) is 43.0. The van der Waals surface area contributed by atoms with E-state index in [4.69, 9.17) is 9.47 Å². The first-order chi connectivity index (χ1) is 17.5. The molecule has 1 aromatic heterocycles. The predicted molar refractivity (Wildman–Crippen MR) is 133 cm³/mol. The van der Waals surface area contributed by atoms with Gasteiger partial charge in [0.05, 0.1) is 23.7 Å². The molecule has 2 heterocycles. The third kappa shape index (κ3) is 4.56. The number of hydrogen-bond acceptors (Lipinski definition) is 7. The molecular formula is C27H23N3O6. The molecule has 0 saturated carbocycles. The fraction of sp³-hybridized carbons (Fsp3) is 0.185. The molecule has 9 nitrogen and oxygen atoms in total. The Hall–Kier alpha value is -4.50. The maximum Gasteiger partial charge on any atom is 0.339 e. The summed E-state index contributed by atoms with van der Waals surface area (Å²) in [6.07, 6.45) is 0.370. The molecule has 1 saturated heterocycles. The zero-order chi connectivity index (χ0) is 25.1. The van der Waals surface area contributed by atoms with E-state index in [1.165, 1.54) is 12.1 Å². The lowest BCUT2D eigenvalue weighted by atomic mass is 9.99. The normalized spacial score (nSPS) is 14.4. The van der Waals surface area contributed by atoms with Crippen molar-refractivity contribution < 1.29 is 24.0 Å². The number of benzene rings is 3. The molecule has 0 spiro atoms. The SMILES string of the molecule is O=C(O[C@H](C(=O)c1c[nH]c2ccccc12)c1ccccc1)c1ccc(N2CCOCC2)c([N+](=O)[O-])c1. The average molecular weight is 485 g/mol. The number of rotatable bonds is 7. The van der Waals surface area contributed by atoms with Crippen molar-refractivity contribution in [3.8, 4) is 0 Å². The van der Waals surface area contributed by atoms with Gasteiger partial charge in [-0.25, -0.2) is 4.79 Å². The van der Waals surface area contributed by atoms with Crippen LogP contribution in [0.15, 0.2) is 79.0 Å². The second-order valence-corrected chi connectivity index (χ2v) is 8.37. The number of ether oxygens (including phenoxy) is 2. The molecule has 0 bridgehead atoms. The third-order valence-corrected chi connectivity index (χ3v) is 6.18. The number of carbonyl (C=O) groups is 2. The predicted octanol–water partition coefficient (Wildman–Crippen LogP) is 4.69. The van der Waals surface area contributed by atoms with Gasteiger partial charge in [-0.1, -0.05) is 48.5 Å². The number of H-pyrrole nitrogens is 1. The molecule has 0 unspecified atom stereocenters. The molecule has 4 aromatic rings. The Bertz CT molecular complexity index is 1430. The van der Waals surface area contributed by atoms with E-state index in [0.717, 1.165) is 5.52 Å². The van der Waals surface area contributed by atoms with Gasteiger partial charge in [0.25, 0.3) is 5.69 Å². The number of morpholine rings is 1. The lowest BCUT2D eigenvalue weighted by Gasteiger charge is -2.28. The molecule has 1 fully saturated rings. The number of aromatic nitrogens is 1. The van der Waals surface area contributed by atoms with E-state index >= 15 is 0 Å². The monoisotopic (exact) mass is 485 g/mol. The highest BCUT2D eigenvalue weighted by atomic mass is 16.6. The first kappa shape index (κ1) is 23.3. The number of esters is 1. The van der Waals surface area contributed by atoms with Crippen LogP contribution in [0.1, 0.15) is 32.4 Å². The number of carbonyl (C=O) groups excluding carboxylic acids is 2. The number of nitro groups is 1. The number of ketones is 1. The largest absolute Gasteiger partial charge is 0.445 e. The zero-order valence-corrected chi connectivity index (χ0v) is 19.3. The summed E-state index contributed by atoms with van der Waals surface area (Å²) in [5.74, 6) is -1.22. The standard InChI is InChI=1S/C27H23N3O6/c31-25(21-17-28-22-9-5-4-8-20(21)22)26(18-6-2-1-3-7-18)36-27(32)19-10-11-23(24(16-19)30(33)34)29-12-14-35-15-13-29/h1-11,16-17,26,28H,12-15H2/t26-/m0/s1. The molecule has 1 aliphatic rings. The van der Waals surface area contributed by atoms with Gasteiger partial charge in [-0.2, -0.15) is 0 Å². The Morgan fingerprint density at radius 3 is 2.47 bits per heavy atom. The van der Waals surface area contributed by atoms with Gasteiger partial charge in [-0.3, -0.25) is 14.9 Å². The van der Waals surface area contributed by atoms with Crippen molar-refractivity contribution in [3.63, 3.8) is 0 Å². The summed E-state index contributed by atoms with van der Waals surface area (Å²) in [6, 6.07) is 20.3. The van der Waals surface area contributed by atoms with Crippen molar-refractivity contribution in [1.29, 1.82) is 0 Å². The fourth-order valence-corrected chi connectivity index (χ4v) is 4.36. The number of nitro benzene ring substituents is 1. The Morgan fingerprint density at radius 1 is 1.00 bits per heavy atom. The molecular weight excluding hydrogens is 462 g/mol. The quantitative estimate of drug-likeness (QED) is 0.175. The van der Waals surface area contributed by atoms with E-state index in [1.54, 1.807) is 42.6 Å². The summed E-state index contributed by atoms with van der Waals surface area (Å²) in [7, 11) is 0. The molecule has 5 rings (SSSR count). The number of para-hydroxylation sites is 1. The van der Waals surface area contributed by atoms with Crippen molar-refractivity contribution in [1.82, 2.24) is 4.98 Å². The van der Waals surface area contributed by atoms with Gasteiger partial charge < -0.3 is 19.4 Å². The van der Waals surface area contributed by atoms with E-state index in [0.29, 0.717) is 48.5 Å². The van der Waals surface area contributed by atoms with Gasteiger partial charge in [0.2, 0.25) is 5.78 Å². The summed E-state index contributed by atoms with van der Waals surface area (Å²) in [6.45, 7) is 1.96. The van der Waals surface area contributed by atoms with Crippen LogP contribution in [0.4, 0.5) is 11.4 Å². The van der Waals surface area contributed by atoms with E-state index in [9.17, 15) is 19.7 Å². The van der Waals surface area contributed by atoms with Crippen molar-refractivity contribution in [2.24, 2.45) is 0 Å². The number of hydrogen-bond donors (Lipinski definition) is 1. The lowest BCUT2D eigenvalue weighted by molar-refractivity contribution is -0.384. The van der Waals surface area contributed by atoms with E-state index in [1.807, 2.05) is 29.2 Å². The maximum absolute atomic E-state index is 13.6. The maximum atomic E-state index is 13.6. The van der Waals surface area contributed by atoms with Crippen LogP contribution in [0, 0.1) is 10.1 Å². The van der Waals surface area contributed by atoms with Crippen LogP contribution < -0.4 is 4.90 Å². The molecule has 182 valence electrons. The number of Topliss-reactive ketones (excluding diaryl/α,β-unsaturated/α-hetero) is 1. The minimum atomic E-state index is -1.23. The highest BCUT2D eigenvalue weighted by molar-refractivity contribution is 6.11. The van der Waals surface area contributed by atoms with Crippen molar-refractivity contribution in [2.45, 2.75) is 6.10 Å². The van der Waals surface area contributed by atoms with Gasteiger partial charge in [0.15, 0.2) is 6.10 Å². The summed E-state index contributed by atoms with van der Waals surface area (Å²) >= 11 is 0. The van der Waals surface area contributed by atoms with Crippen LogP contribution >= 0.6 is 0 Å². The van der Waals surface area contributed by atoms with Crippen molar-refractivity contribution >= 4 is 34.0 Å². The molecule has 1 atom stereocenters. The molecule has 0 amide bonds. The van der Waals surface area contributed by atoms with Gasteiger partial charge in [0, 0.05) is 47.4 Å². The Morgan fingerprint density at radius 2 is 1.72 bits per heavy atom. The smallest absolute Gasteiger partial charge is 0.339 e. The number of aromatic amines is 1. The van der Waals surface area contributed by atoms with Gasteiger partial charge in [-0.15, -0.1) is 0 Å². The molecule has 1 aliphatic heterocycles. The van der Waals surface area contributed by atoms with Crippen LogP contribution in [-0.2, 0) is 9.47 Å². The number of anilines is 1. The van der Waals surface area contributed by atoms with Gasteiger partial charge in [-0.05, 0) is 18.2 Å². The van der Waals surface area contributed by atoms with Gasteiger partial charge in [0.1, 0.15) is 5.69 Å². The number of nitrogens with zero attached hydrogens (tertiary/aromatic N) is 2. The first-order valence-corrected chi connectivity index (χ1v) is 11.5. The number of nitrogens with one attached hydrogen (secondary N) is 1. The Labute approximate surface area is 206 Å².